The van der Waals surface area contributed by atoms with Crippen LogP contribution in [0.2, 0.25) is 5.02 Å². The minimum atomic E-state index is -0.181. The van der Waals surface area contributed by atoms with Crippen molar-refractivity contribution in [1.29, 1.82) is 0 Å². The third kappa shape index (κ3) is 4.10. The Labute approximate surface area is 148 Å². The van der Waals surface area contributed by atoms with Gasteiger partial charge in [0.25, 0.3) is 0 Å². The van der Waals surface area contributed by atoms with Gasteiger partial charge in [-0.25, -0.2) is 4.98 Å². The number of hydrogen-bond donors (Lipinski definition) is 2. The lowest BCUT2D eigenvalue weighted by molar-refractivity contribution is 0.0264. The number of aliphatic hydroxyl groups excluding tert-OH is 1. The highest BCUT2D eigenvalue weighted by Gasteiger charge is 2.32. The molecule has 3 rings (SSSR count). The van der Waals surface area contributed by atoms with Gasteiger partial charge >= 0.3 is 0 Å². The van der Waals surface area contributed by atoms with Gasteiger partial charge in [0.1, 0.15) is 5.02 Å². The van der Waals surface area contributed by atoms with Crippen LogP contribution in [0.4, 0.5) is 5.95 Å². The van der Waals surface area contributed by atoms with Gasteiger partial charge in [0.05, 0.1) is 18.9 Å². The summed E-state index contributed by atoms with van der Waals surface area (Å²) in [6, 6.07) is 0. The zero-order valence-corrected chi connectivity index (χ0v) is 15.0. The maximum absolute atomic E-state index is 10.7. The minimum Gasteiger partial charge on any atom is -0.477 e. The standard InChI is InChI=1S/C17H27ClN4O2/c1-2-24-16-14(18)11-20-17(21-16)22-9-5-13(6-10-22)15(23)12-3-7-19-8-4-12/h11-13,15,19,23H,2-10H2,1H3. The summed E-state index contributed by atoms with van der Waals surface area (Å²) < 4.78 is 5.45. The molecule has 0 saturated carbocycles. The van der Waals surface area contributed by atoms with Crippen LogP contribution in [0.3, 0.4) is 0 Å². The van der Waals surface area contributed by atoms with E-state index in [1.807, 2.05) is 6.92 Å². The highest BCUT2D eigenvalue weighted by molar-refractivity contribution is 6.31. The molecule has 2 aliphatic rings. The van der Waals surface area contributed by atoms with E-state index in [1.54, 1.807) is 6.20 Å². The van der Waals surface area contributed by atoms with Crippen LogP contribution in [0.1, 0.15) is 32.6 Å². The van der Waals surface area contributed by atoms with Crippen LogP contribution >= 0.6 is 11.6 Å². The van der Waals surface area contributed by atoms with Gasteiger partial charge in [-0.2, -0.15) is 4.98 Å². The lowest BCUT2D eigenvalue weighted by Crippen LogP contribution is -2.43. The van der Waals surface area contributed by atoms with Crippen LogP contribution in [-0.2, 0) is 0 Å². The van der Waals surface area contributed by atoms with E-state index >= 15 is 0 Å². The molecule has 7 heteroatoms. The van der Waals surface area contributed by atoms with Gasteiger partial charge in [-0.05, 0) is 57.5 Å². The Hall–Kier alpha value is -1.11. The number of aromatic nitrogens is 2. The molecule has 0 spiro atoms. The van der Waals surface area contributed by atoms with Crippen molar-refractivity contribution < 1.29 is 9.84 Å². The lowest BCUT2D eigenvalue weighted by Gasteiger charge is -2.38. The zero-order valence-electron chi connectivity index (χ0n) is 14.2. The van der Waals surface area contributed by atoms with Crippen molar-refractivity contribution in [1.82, 2.24) is 15.3 Å². The van der Waals surface area contributed by atoms with E-state index in [4.69, 9.17) is 16.3 Å². The van der Waals surface area contributed by atoms with Gasteiger partial charge < -0.3 is 20.1 Å². The average molecular weight is 355 g/mol. The van der Waals surface area contributed by atoms with Crippen molar-refractivity contribution in [3.8, 4) is 5.88 Å². The summed E-state index contributed by atoms with van der Waals surface area (Å²) in [5.41, 5.74) is 0. The van der Waals surface area contributed by atoms with Gasteiger partial charge in [-0.3, -0.25) is 0 Å². The molecule has 3 heterocycles. The van der Waals surface area contributed by atoms with E-state index in [-0.39, 0.29) is 6.10 Å². The number of aliphatic hydroxyl groups is 1. The average Bonchev–Trinajstić information content (AvgIpc) is 2.64. The molecule has 2 aliphatic heterocycles. The van der Waals surface area contributed by atoms with E-state index < -0.39 is 0 Å². The smallest absolute Gasteiger partial charge is 0.237 e. The van der Waals surface area contributed by atoms with Crippen molar-refractivity contribution in [3.05, 3.63) is 11.2 Å². The molecule has 134 valence electrons. The molecule has 2 saturated heterocycles. The summed E-state index contributed by atoms with van der Waals surface area (Å²) in [6.07, 6.45) is 5.53. The molecule has 1 atom stereocenters. The van der Waals surface area contributed by atoms with E-state index in [0.29, 0.717) is 35.3 Å². The highest BCUT2D eigenvalue weighted by Crippen LogP contribution is 2.31. The fourth-order valence-corrected chi connectivity index (χ4v) is 3.89. The Kier molecular flexibility index (Phi) is 6.14. The quantitative estimate of drug-likeness (QED) is 0.844. The van der Waals surface area contributed by atoms with E-state index in [9.17, 15) is 5.11 Å². The Morgan fingerprint density at radius 1 is 1.29 bits per heavy atom. The number of anilines is 1. The number of nitrogens with one attached hydrogen (secondary N) is 1. The maximum atomic E-state index is 10.7. The van der Waals surface area contributed by atoms with Gasteiger partial charge in [0, 0.05) is 13.1 Å². The zero-order chi connectivity index (χ0) is 16.9. The van der Waals surface area contributed by atoms with Gasteiger partial charge in [-0.1, -0.05) is 11.6 Å². The van der Waals surface area contributed by atoms with Crippen molar-refractivity contribution >= 4 is 17.5 Å². The molecule has 1 aromatic rings. The number of nitrogens with zero attached hydrogens (tertiary/aromatic N) is 3. The summed E-state index contributed by atoms with van der Waals surface area (Å²) in [7, 11) is 0. The minimum absolute atomic E-state index is 0.181. The molecule has 0 amide bonds. The summed E-state index contributed by atoms with van der Waals surface area (Å²) in [6.45, 7) is 6.21. The van der Waals surface area contributed by atoms with Crippen molar-refractivity contribution in [2.75, 3.05) is 37.7 Å². The van der Waals surface area contributed by atoms with Crippen LogP contribution in [-0.4, -0.2) is 54.0 Å². The molecule has 0 radical (unpaired) electrons. The second-order valence-corrected chi connectivity index (χ2v) is 7.07. The van der Waals surface area contributed by atoms with Crippen molar-refractivity contribution in [3.63, 3.8) is 0 Å². The second kappa shape index (κ2) is 8.32. The second-order valence-electron chi connectivity index (χ2n) is 6.66. The molecule has 0 aliphatic carbocycles. The Morgan fingerprint density at radius 2 is 1.96 bits per heavy atom. The van der Waals surface area contributed by atoms with Gasteiger partial charge in [0.2, 0.25) is 11.8 Å². The fourth-order valence-electron chi connectivity index (χ4n) is 3.74. The number of piperidine rings is 2. The molecular formula is C17H27ClN4O2. The van der Waals surface area contributed by atoms with Gasteiger partial charge in [-0.15, -0.1) is 0 Å². The SMILES string of the molecule is CCOc1nc(N2CCC(C(O)C3CCNCC3)CC2)ncc1Cl. The fraction of sp³-hybridized carbons (Fsp3) is 0.765. The summed E-state index contributed by atoms with van der Waals surface area (Å²) in [4.78, 5) is 10.9. The molecule has 24 heavy (non-hydrogen) atoms. The molecular weight excluding hydrogens is 328 g/mol. The van der Waals surface area contributed by atoms with Gasteiger partial charge in [0.15, 0.2) is 0 Å². The van der Waals surface area contributed by atoms with Crippen LogP contribution in [0.25, 0.3) is 0 Å². The first-order valence-corrected chi connectivity index (χ1v) is 9.36. The van der Waals surface area contributed by atoms with Crippen molar-refractivity contribution in [2.45, 2.75) is 38.7 Å². The third-order valence-electron chi connectivity index (χ3n) is 5.15. The van der Waals surface area contributed by atoms with Crippen LogP contribution in [0, 0.1) is 11.8 Å². The number of halogens is 1. The molecule has 2 N–H and O–H groups in total. The normalized spacial score (nSPS) is 21.7. The van der Waals surface area contributed by atoms with Crippen LogP contribution < -0.4 is 15.0 Å². The van der Waals surface area contributed by atoms with Crippen molar-refractivity contribution in [2.24, 2.45) is 11.8 Å². The lowest BCUT2D eigenvalue weighted by atomic mass is 9.80. The Balaban J connectivity index is 1.57. The van der Waals surface area contributed by atoms with E-state index in [1.165, 1.54) is 0 Å². The van der Waals surface area contributed by atoms with Crippen LogP contribution in [0.5, 0.6) is 5.88 Å². The first kappa shape index (κ1) is 17.7. The third-order valence-corrected chi connectivity index (χ3v) is 5.41. The molecule has 1 unspecified atom stereocenters. The molecule has 0 bridgehead atoms. The van der Waals surface area contributed by atoms with E-state index in [2.05, 4.69) is 20.2 Å². The highest BCUT2D eigenvalue weighted by atomic mass is 35.5. The predicted molar refractivity (Wildman–Crippen MR) is 94.7 cm³/mol. The van der Waals surface area contributed by atoms with Crippen LogP contribution in [0.15, 0.2) is 6.20 Å². The molecule has 0 aromatic carbocycles. The molecule has 6 nitrogen and oxygen atoms in total. The number of rotatable bonds is 5. The maximum Gasteiger partial charge on any atom is 0.237 e. The Bertz CT molecular complexity index is 531. The summed E-state index contributed by atoms with van der Waals surface area (Å²) in [5.74, 6) is 1.93. The summed E-state index contributed by atoms with van der Waals surface area (Å²) >= 11 is 6.06. The largest absolute Gasteiger partial charge is 0.477 e. The number of hydrogen-bond acceptors (Lipinski definition) is 6. The topological polar surface area (TPSA) is 70.5 Å². The van der Waals surface area contributed by atoms with E-state index in [0.717, 1.165) is 51.9 Å². The first-order chi connectivity index (χ1) is 11.7. The first-order valence-electron chi connectivity index (χ1n) is 8.98. The summed E-state index contributed by atoms with van der Waals surface area (Å²) in [5, 5.41) is 14.5. The number of ether oxygens (including phenoxy) is 1. The predicted octanol–water partition coefficient (Wildman–Crippen LogP) is 2.11. The molecule has 2 fully saturated rings. The monoisotopic (exact) mass is 354 g/mol. The molecule has 1 aromatic heterocycles. The Morgan fingerprint density at radius 3 is 2.62 bits per heavy atom.